The molecule has 0 aliphatic carbocycles. The first kappa shape index (κ1) is 25.7. The lowest BCUT2D eigenvalue weighted by Crippen LogP contribution is -2.41. The molecular weight excluding hydrogens is 476 g/mol. The molecule has 3 aromatic carbocycles. The number of ether oxygens (including phenoxy) is 2. The maximum atomic E-state index is 13.5. The highest BCUT2D eigenvalue weighted by atomic mass is 32.2. The van der Waals surface area contributed by atoms with Crippen molar-refractivity contribution >= 4 is 21.6 Å². The van der Waals surface area contributed by atoms with E-state index in [4.69, 9.17) is 9.47 Å². The number of hydrogen-bond donors (Lipinski definition) is 1. The molecule has 1 aliphatic rings. The molecule has 0 unspecified atom stereocenters. The third kappa shape index (κ3) is 5.71. The molecule has 0 spiro atoms. The van der Waals surface area contributed by atoms with Crippen molar-refractivity contribution in [3.8, 4) is 17.2 Å². The van der Waals surface area contributed by atoms with Crippen LogP contribution in [0.25, 0.3) is 0 Å². The molecule has 4 rings (SSSR count). The normalized spacial score (nSPS) is 15.0. The fraction of sp³-hybridized carbons (Fsp3) is 0.321. The minimum Gasteiger partial charge on any atom is -0.495 e. The lowest BCUT2D eigenvalue weighted by Gasteiger charge is -2.31. The SMILES string of the molecule is COc1ccc(C(C)C)cc1S(=O)(=O)N1CCC(C(=O)Nc2ccccc2Oc2ccccc2)CC1. The minimum atomic E-state index is -3.75. The Bertz CT molecular complexity index is 1300. The van der Waals surface area contributed by atoms with E-state index >= 15 is 0 Å². The number of nitrogens with one attached hydrogen (secondary N) is 1. The van der Waals surface area contributed by atoms with Crippen LogP contribution in [0.5, 0.6) is 17.2 Å². The molecule has 1 N–H and O–H groups in total. The van der Waals surface area contributed by atoms with E-state index in [1.54, 1.807) is 24.3 Å². The summed E-state index contributed by atoms with van der Waals surface area (Å²) in [5.74, 6) is 1.30. The van der Waals surface area contributed by atoms with E-state index < -0.39 is 10.0 Å². The first-order chi connectivity index (χ1) is 17.3. The van der Waals surface area contributed by atoms with Crippen molar-refractivity contribution in [1.29, 1.82) is 0 Å². The Kier molecular flexibility index (Phi) is 7.96. The van der Waals surface area contributed by atoms with Crippen molar-refractivity contribution in [3.05, 3.63) is 78.4 Å². The van der Waals surface area contributed by atoms with Gasteiger partial charge in [-0.25, -0.2) is 8.42 Å². The summed E-state index contributed by atoms with van der Waals surface area (Å²) in [5.41, 5.74) is 1.51. The van der Waals surface area contributed by atoms with E-state index in [1.807, 2.05) is 62.4 Å². The molecule has 0 saturated carbocycles. The molecule has 3 aromatic rings. The van der Waals surface area contributed by atoms with E-state index in [9.17, 15) is 13.2 Å². The molecular formula is C28H32N2O5S. The minimum absolute atomic E-state index is 0.143. The molecule has 1 fully saturated rings. The van der Waals surface area contributed by atoms with Crippen molar-refractivity contribution in [2.75, 3.05) is 25.5 Å². The zero-order valence-electron chi connectivity index (χ0n) is 20.8. The molecule has 0 aromatic heterocycles. The Morgan fingerprint density at radius 1 is 0.944 bits per heavy atom. The monoisotopic (exact) mass is 508 g/mol. The van der Waals surface area contributed by atoms with Crippen LogP contribution in [0, 0.1) is 5.92 Å². The smallest absolute Gasteiger partial charge is 0.246 e. The number of amides is 1. The molecule has 7 nitrogen and oxygen atoms in total. The number of carbonyl (C=O) groups excluding carboxylic acids is 1. The summed E-state index contributed by atoms with van der Waals surface area (Å²) in [5, 5.41) is 2.97. The summed E-state index contributed by atoms with van der Waals surface area (Å²) in [4.78, 5) is 13.2. The molecule has 36 heavy (non-hydrogen) atoms. The number of hydrogen-bond acceptors (Lipinski definition) is 5. The molecule has 1 saturated heterocycles. The highest BCUT2D eigenvalue weighted by Gasteiger charge is 2.34. The van der Waals surface area contributed by atoms with Crippen LogP contribution in [0.3, 0.4) is 0 Å². The van der Waals surface area contributed by atoms with Gasteiger partial charge in [0, 0.05) is 19.0 Å². The Balaban J connectivity index is 1.43. The number of nitrogens with zero attached hydrogens (tertiary/aromatic N) is 1. The van der Waals surface area contributed by atoms with Gasteiger partial charge < -0.3 is 14.8 Å². The second kappa shape index (κ2) is 11.1. The lowest BCUT2D eigenvalue weighted by molar-refractivity contribution is -0.120. The van der Waals surface area contributed by atoms with E-state index in [0.29, 0.717) is 35.8 Å². The van der Waals surface area contributed by atoms with Crippen LogP contribution in [-0.2, 0) is 14.8 Å². The highest BCUT2D eigenvalue weighted by Crippen LogP contribution is 2.34. The zero-order valence-corrected chi connectivity index (χ0v) is 21.6. The van der Waals surface area contributed by atoms with Gasteiger partial charge in [-0.1, -0.05) is 50.2 Å². The Labute approximate surface area is 213 Å². The van der Waals surface area contributed by atoms with E-state index in [-0.39, 0.29) is 35.7 Å². The number of para-hydroxylation sites is 3. The lowest BCUT2D eigenvalue weighted by atomic mass is 9.97. The molecule has 8 heteroatoms. The van der Waals surface area contributed by atoms with Crippen LogP contribution in [0.4, 0.5) is 5.69 Å². The maximum absolute atomic E-state index is 13.5. The van der Waals surface area contributed by atoms with Crippen molar-refractivity contribution < 1.29 is 22.7 Å². The van der Waals surface area contributed by atoms with Gasteiger partial charge in [0.05, 0.1) is 12.8 Å². The first-order valence-corrected chi connectivity index (χ1v) is 13.5. The molecule has 1 amide bonds. The number of sulfonamides is 1. The summed E-state index contributed by atoms with van der Waals surface area (Å²) in [7, 11) is -2.28. The third-order valence-corrected chi connectivity index (χ3v) is 8.33. The molecule has 1 aliphatic heterocycles. The number of carbonyl (C=O) groups is 1. The van der Waals surface area contributed by atoms with Crippen LogP contribution in [-0.4, -0.2) is 38.8 Å². The predicted octanol–water partition coefficient (Wildman–Crippen LogP) is 5.65. The standard InChI is InChI=1S/C28H32N2O5S/c1-20(2)22-13-14-26(34-3)27(19-22)36(32,33)30-17-15-21(16-18-30)28(31)29-24-11-7-8-12-25(24)35-23-9-5-4-6-10-23/h4-14,19-21H,15-18H2,1-3H3,(H,29,31). The van der Waals surface area contributed by atoms with Crippen LogP contribution in [0.2, 0.25) is 0 Å². The van der Waals surface area contributed by atoms with Gasteiger partial charge in [0.2, 0.25) is 15.9 Å². The van der Waals surface area contributed by atoms with Crippen LogP contribution in [0.1, 0.15) is 38.2 Å². The van der Waals surface area contributed by atoms with Crippen LogP contribution >= 0.6 is 0 Å². The number of rotatable bonds is 8. The fourth-order valence-corrected chi connectivity index (χ4v) is 5.92. The summed E-state index contributed by atoms with van der Waals surface area (Å²) in [6.07, 6.45) is 0.859. The summed E-state index contributed by atoms with van der Waals surface area (Å²) in [6.45, 7) is 4.56. The molecule has 1 heterocycles. The Hall–Kier alpha value is -3.36. The van der Waals surface area contributed by atoms with E-state index in [0.717, 1.165) is 5.56 Å². The topological polar surface area (TPSA) is 84.9 Å². The van der Waals surface area contributed by atoms with Gasteiger partial charge in [-0.2, -0.15) is 4.31 Å². The molecule has 0 atom stereocenters. The van der Waals surface area contributed by atoms with Gasteiger partial charge >= 0.3 is 0 Å². The van der Waals surface area contributed by atoms with Gasteiger partial charge in [0.1, 0.15) is 16.4 Å². The highest BCUT2D eigenvalue weighted by molar-refractivity contribution is 7.89. The van der Waals surface area contributed by atoms with Crippen molar-refractivity contribution in [2.24, 2.45) is 5.92 Å². The van der Waals surface area contributed by atoms with Crippen LogP contribution < -0.4 is 14.8 Å². The van der Waals surface area contributed by atoms with Crippen LogP contribution in [0.15, 0.2) is 77.7 Å². The predicted molar refractivity (Wildman–Crippen MR) is 140 cm³/mol. The second-order valence-corrected chi connectivity index (χ2v) is 11.1. The maximum Gasteiger partial charge on any atom is 0.246 e. The Morgan fingerprint density at radius 3 is 2.28 bits per heavy atom. The van der Waals surface area contributed by atoms with Gasteiger partial charge in [0.25, 0.3) is 0 Å². The summed E-state index contributed by atoms with van der Waals surface area (Å²) < 4.78 is 39.7. The van der Waals surface area contributed by atoms with Crippen molar-refractivity contribution in [2.45, 2.75) is 37.5 Å². The van der Waals surface area contributed by atoms with Gasteiger partial charge in [-0.05, 0) is 60.7 Å². The number of piperidine rings is 1. The number of anilines is 1. The van der Waals surface area contributed by atoms with E-state index in [2.05, 4.69) is 5.32 Å². The van der Waals surface area contributed by atoms with Gasteiger partial charge in [0.15, 0.2) is 5.75 Å². The quantitative estimate of drug-likeness (QED) is 0.425. The number of methoxy groups -OCH3 is 1. The summed E-state index contributed by atoms with van der Waals surface area (Å²) in [6, 6.07) is 21.9. The molecule has 0 radical (unpaired) electrons. The van der Waals surface area contributed by atoms with Crippen molar-refractivity contribution in [1.82, 2.24) is 4.31 Å². The van der Waals surface area contributed by atoms with Gasteiger partial charge in [-0.15, -0.1) is 0 Å². The molecule has 190 valence electrons. The third-order valence-electron chi connectivity index (χ3n) is 6.41. The molecule has 0 bridgehead atoms. The fourth-order valence-electron chi connectivity index (χ4n) is 4.26. The first-order valence-electron chi connectivity index (χ1n) is 12.1. The number of benzene rings is 3. The average molecular weight is 509 g/mol. The Morgan fingerprint density at radius 2 is 1.61 bits per heavy atom. The largest absolute Gasteiger partial charge is 0.495 e. The van der Waals surface area contributed by atoms with E-state index in [1.165, 1.54) is 11.4 Å². The van der Waals surface area contributed by atoms with Crippen molar-refractivity contribution in [3.63, 3.8) is 0 Å². The second-order valence-electron chi connectivity index (χ2n) is 9.14. The summed E-state index contributed by atoms with van der Waals surface area (Å²) >= 11 is 0. The zero-order chi connectivity index (χ0) is 25.7. The van der Waals surface area contributed by atoms with Gasteiger partial charge in [-0.3, -0.25) is 4.79 Å². The average Bonchev–Trinajstić information content (AvgIpc) is 2.90.